The Bertz CT molecular complexity index is 2070. The minimum absolute atomic E-state index is 0.0881. The van der Waals surface area contributed by atoms with Gasteiger partial charge in [-0.2, -0.15) is 0 Å². The molecule has 0 spiro atoms. The van der Waals surface area contributed by atoms with Gasteiger partial charge in [0.05, 0.1) is 0 Å². The molecule has 3 atom stereocenters. The van der Waals surface area contributed by atoms with Crippen molar-refractivity contribution < 1.29 is 28.7 Å². The zero-order valence-corrected chi connectivity index (χ0v) is 29.7. The first-order valence-corrected chi connectivity index (χ1v) is 18.3. The van der Waals surface area contributed by atoms with Crippen LogP contribution in [0.3, 0.4) is 0 Å². The monoisotopic (exact) mass is 752 g/mol. The number of nitrogens with one attached hydrogen (secondary N) is 2. The smallest absolute Gasteiger partial charge is 0.356 e. The largest absolute Gasteiger partial charge is 0.448 e. The van der Waals surface area contributed by atoms with E-state index in [1.165, 1.54) is 33.1 Å². The number of anilines is 1. The van der Waals surface area contributed by atoms with Crippen molar-refractivity contribution in [2.45, 2.75) is 28.7 Å². The molecule has 7 rings (SSSR count). The van der Waals surface area contributed by atoms with Crippen LogP contribution in [-0.2, 0) is 31.0 Å². The maximum absolute atomic E-state index is 14.3. The molecule has 0 aliphatic carbocycles. The van der Waals surface area contributed by atoms with Crippen LogP contribution in [0.4, 0.5) is 10.5 Å². The van der Waals surface area contributed by atoms with Crippen LogP contribution in [0.1, 0.15) is 28.8 Å². The fourth-order valence-corrected chi connectivity index (χ4v) is 8.28. The number of hydrogen-bond donors (Lipinski definition) is 3. The van der Waals surface area contributed by atoms with Gasteiger partial charge < -0.3 is 21.1 Å². The van der Waals surface area contributed by atoms with Gasteiger partial charge >= 0.3 is 12.0 Å². The van der Waals surface area contributed by atoms with E-state index < -0.39 is 53.3 Å². The molecule has 270 valence electrons. The molecule has 0 bridgehead atoms. The van der Waals surface area contributed by atoms with Gasteiger partial charge in [0.2, 0.25) is 11.1 Å². The number of thioether (sulfide) groups is 2. The average Bonchev–Trinajstić information content (AvgIpc) is 3.81. The summed E-state index contributed by atoms with van der Waals surface area (Å²) in [6, 6.07) is 21.9. The van der Waals surface area contributed by atoms with E-state index in [1.54, 1.807) is 31.3 Å². The molecule has 53 heavy (non-hydrogen) atoms. The number of carbonyl (C=O) groups excluding carboxylic acids is 5. The number of carbonyl (C=O) groups is 5. The van der Waals surface area contributed by atoms with E-state index in [1.807, 2.05) is 60.7 Å². The van der Waals surface area contributed by atoms with Gasteiger partial charge in [-0.05, 0) is 44.8 Å². The number of esters is 1. The third-order valence-electron chi connectivity index (χ3n) is 8.63. The average molecular weight is 753 g/mol. The van der Waals surface area contributed by atoms with E-state index in [0.29, 0.717) is 27.7 Å². The first-order valence-electron chi connectivity index (χ1n) is 16.3. The van der Waals surface area contributed by atoms with Gasteiger partial charge in [-0.3, -0.25) is 24.2 Å². The normalized spacial score (nSPS) is 18.5. The predicted octanol–water partition coefficient (Wildman–Crippen LogP) is 2.19. The Morgan fingerprint density at radius 1 is 0.981 bits per heavy atom. The summed E-state index contributed by atoms with van der Waals surface area (Å²) in [6.45, 7) is -0.273. The highest BCUT2D eigenvalue weighted by atomic mass is 32.2. The Kier molecular flexibility index (Phi) is 10.2. The summed E-state index contributed by atoms with van der Waals surface area (Å²) in [7, 11) is 1.70. The van der Waals surface area contributed by atoms with Crippen molar-refractivity contribution in [1.29, 1.82) is 0 Å². The van der Waals surface area contributed by atoms with Crippen LogP contribution in [-0.4, -0.2) is 95.5 Å². The van der Waals surface area contributed by atoms with Crippen molar-refractivity contribution >= 4 is 65.3 Å². The van der Waals surface area contributed by atoms with Crippen LogP contribution in [0.2, 0.25) is 0 Å². The molecule has 4 aromatic rings. The van der Waals surface area contributed by atoms with Crippen LogP contribution < -0.4 is 16.4 Å². The molecule has 5 amide bonds. The van der Waals surface area contributed by atoms with Crippen LogP contribution in [0.15, 0.2) is 106 Å². The van der Waals surface area contributed by atoms with E-state index in [-0.39, 0.29) is 18.0 Å². The minimum Gasteiger partial charge on any atom is -0.448 e. The molecule has 16 nitrogen and oxygen atoms in total. The summed E-state index contributed by atoms with van der Waals surface area (Å²) in [6.07, 6.45) is 0.320. The second-order valence-electron chi connectivity index (χ2n) is 12.1. The van der Waals surface area contributed by atoms with E-state index >= 15 is 0 Å². The number of aliphatic imine (C=N–C) groups is 1. The Morgan fingerprint density at radius 2 is 1.66 bits per heavy atom. The molecule has 3 aliphatic rings. The molecular weight excluding hydrogens is 721 g/mol. The second-order valence-corrected chi connectivity index (χ2v) is 14.2. The summed E-state index contributed by atoms with van der Waals surface area (Å²) in [5, 5.41) is 16.9. The van der Waals surface area contributed by atoms with Crippen LogP contribution in [0.25, 0.3) is 0 Å². The SMILES string of the molecule is Cn1nnnc1SCC1=C(C(=O)OC(c2ccccc2)c2ccccc2)N2C(=O)[C@@H](NC(=O)[C@H](NC(=O)N3C=NC(=O)C3)c3ccc(N)cc3)[C@H]2SC1. The lowest BCUT2D eigenvalue weighted by molar-refractivity contribution is -0.154. The predicted molar refractivity (Wildman–Crippen MR) is 195 cm³/mol. The highest BCUT2D eigenvalue weighted by molar-refractivity contribution is 8.01. The van der Waals surface area contributed by atoms with E-state index in [0.717, 1.165) is 22.4 Å². The minimum atomic E-state index is -1.26. The number of fused-ring (bicyclic) bond motifs is 1. The Labute approximate surface area is 311 Å². The van der Waals surface area contributed by atoms with Crippen molar-refractivity contribution in [3.05, 3.63) is 113 Å². The lowest BCUT2D eigenvalue weighted by Gasteiger charge is -2.50. The van der Waals surface area contributed by atoms with Gasteiger partial charge in [-0.25, -0.2) is 19.3 Å². The Morgan fingerprint density at radius 3 is 2.26 bits per heavy atom. The Hall–Kier alpha value is -6.01. The number of rotatable bonds is 11. The lowest BCUT2D eigenvalue weighted by Crippen LogP contribution is -2.71. The first-order chi connectivity index (χ1) is 25.7. The molecule has 1 fully saturated rings. The number of aryl methyl sites for hydroxylation is 1. The van der Waals surface area contributed by atoms with Gasteiger partial charge in [0.15, 0.2) is 6.10 Å². The molecule has 0 radical (unpaired) electrons. The summed E-state index contributed by atoms with van der Waals surface area (Å²) in [4.78, 5) is 72.9. The number of tetrazole rings is 1. The highest BCUT2D eigenvalue weighted by Crippen LogP contribution is 2.43. The molecule has 3 aromatic carbocycles. The number of benzene rings is 3. The number of ether oxygens (including phenoxy) is 1. The summed E-state index contributed by atoms with van der Waals surface area (Å²) in [5.41, 5.74) is 8.91. The Balaban J connectivity index is 1.15. The van der Waals surface area contributed by atoms with E-state index in [9.17, 15) is 24.0 Å². The second kappa shape index (κ2) is 15.3. The molecular formula is C35H32N10O6S2. The molecule has 0 saturated carbocycles. The fourth-order valence-electron chi connectivity index (χ4n) is 5.94. The number of nitrogens with two attached hydrogens (primary N) is 1. The summed E-state index contributed by atoms with van der Waals surface area (Å²) >= 11 is 2.69. The van der Waals surface area contributed by atoms with Crippen LogP contribution >= 0.6 is 23.5 Å². The van der Waals surface area contributed by atoms with Crippen molar-refractivity contribution in [1.82, 2.24) is 40.6 Å². The van der Waals surface area contributed by atoms with E-state index in [4.69, 9.17) is 10.5 Å². The summed E-state index contributed by atoms with van der Waals surface area (Å²) < 4.78 is 7.74. The molecule has 18 heteroatoms. The number of nitrogen functional groups attached to an aromatic ring is 1. The first kappa shape index (κ1) is 35.4. The maximum atomic E-state index is 14.3. The molecule has 3 aliphatic heterocycles. The lowest BCUT2D eigenvalue weighted by atomic mass is 10.00. The third-order valence-corrected chi connectivity index (χ3v) is 11.1. The van der Waals surface area contributed by atoms with Gasteiger partial charge in [0.1, 0.15) is 36.0 Å². The van der Waals surface area contributed by atoms with Crippen molar-refractivity contribution in [2.75, 3.05) is 23.8 Å². The number of hydrogen-bond acceptors (Lipinski definition) is 12. The molecule has 1 saturated heterocycles. The molecule has 0 unspecified atom stereocenters. The van der Waals surface area contributed by atoms with Gasteiger partial charge in [-0.15, -0.1) is 16.9 Å². The van der Waals surface area contributed by atoms with Gasteiger partial charge in [0.25, 0.3) is 11.8 Å². The van der Waals surface area contributed by atoms with Crippen molar-refractivity contribution in [3.8, 4) is 0 Å². The number of β-lactam (4-membered cyclic amide) rings is 1. The zero-order chi connectivity index (χ0) is 37.1. The maximum Gasteiger partial charge on any atom is 0.356 e. The number of urea groups is 1. The highest BCUT2D eigenvalue weighted by Gasteiger charge is 2.55. The third kappa shape index (κ3) is 7.49. The fraction of sp³-hybridized carbons (Fsp3) is 0.229. The molecule has 1 aromatic heterocycles. The quantitative estimate of drug-likeness (QED) is 0.0873. The van der Waals surface area contributed by atoms with Crippen LogP contribution in [0, 0.1) is 0 Å². The van der Waals surface area contributed by atoms with Gasteiger partial charge in [0, 0.05) is 24.2 Å². The van der Waals surface area contributed by atoms with Crippen molar-refractivity contribution in [3.63, 3.8) is 0 Å². The van der Waals surface area contributed by atoms with Crippen molar-refractivity contribution in [2.24, 2.45) is 12.0 Å². The van der Waals surface area contributed by atoms with Crippen LogP contribution in [0.5, 0.6) is 0 Å². The standard InChI is InChI=1S/C35H32N10O6S2/c1-43-35(40-41-42-43)53-18-23-17-52-32-27(38-30(47)26(20-12-14-24(36)15-13-20)39-34(50)44-16-25(46)37-19-44)31(48)45(32)28(23)33(49)51-29(21-8-4-2-5-9-21)22-10-6-3-7-11-22/h2-15,19,26-27,29,32H,16-18,36H2,1H3,(H,38,47)(H,39,50)/t26-,27-,32-/m1/s1. The van der Waals surface area contributed by atoms with E-state index in [2.05, 4.69) is 31.2 Å². The van der Waals surface area contributed by atoms with Gasteiger partial charge in [-0.1, -0.05) is 84.6 Å². The zero-order valence-electron chi connectivity index (χ0n) is 28.1. The summed E-state index contributed by atoms with van der Waals surface area (Å²) in [5.74, 6) is -1.79. The molecule has 4 N–H and O–H groups in total. The number of nitrogens with zero attached hydrogens (tertiary/aromatic N) is 7. The topological polar surface area (TPSA) is 207 Å². The number of aromatic nitrogens is 4. The number of amides is 5. The molecule has 4 heterocycles.